The number of aromatic nitrogens is 1. The predicted molar refractivity (Wildman–Crippen MR) is 322 cm³/mol. The van der Waals surface area contributed by atoms with Crippen molar-refractivity contribution in [2.24, 2.45) is 0 Å². The Kier molecular flexibility index (Phi) is 10.3. The molecular formula is C70H66BN3O. The van der Waals surface area contributed by atoms with E-state index in [2.05, 4.69) is 279 Å². The molecule has 2 aliphatic rings. The Labute approximate surface area is 443 Å². The third-order valence-corrected chi connectivity index (χ3v) is 16.4. The van der Waals surface area contributed by atoms with Crippen LogP contribution < -0.4 is 20.7 Å². The Morgan fingerprint density at radius 3 is 1.65 bits per heavy atom. The van der Waals surface area contributed by atoms with Crippen molar-refractivity contribution in [3.63, 3.8) is 0 Å². The molecule has 0 saturated carbocycles. The summed E-state index contributed by atoms with van der Waals surface area (Å²) in [4.78, 5) is 5.04. The minimum absolute atomic E-state index is 0.00242. The van der Waals surface area contributed by atoms with Crippen LogP contribution in [0.15, 0.2) is 186 Å². The lowest BCUT2D eigenvalue weighted by atomic mass is 9.45. The summed E-state index contributed by atoms with van der Waals surface area (Å²) in [5, 5.41) is 4.82. The molecule has 0 spiro atoms. The second-order valence-electron chi connectivity index (χ2n) is 25.5. The molecule has 0 unspecified atom stereocenters. The highest BCUT2D eigenvalue weighted by molar-refractivity contribution is 6.90. The summed E-state index contributed by atoms with van der Waals surface area (Å²) in [7, 11) is 0. The average molecular weight is 976 g/mol. The lowest BCUT2D eigenvalue weighted by Crippen LogP contribution is -2.56. The van der Waals surface area contributed by atoms with E-state index < -0.39 is 0 Å². The van der Waals surface area contributed by atoms with Gasteiger partial charge in [0.25, 0.3) is 0 Å². The molecule has 2 aromatic heterocycles. The van der Waals surface area contributed by atoms with Gasteiger partial charge in [0.15, 0.2) is 5.58 Å². The molecule has 4 nitrogen and oxygen atoms in total. The Morgan fingerprint density at radius 1 is 0.400 bits per heavy atom. The van der Waals surface area contributed by atoms with Crippen LogP contribution in [0.4, 0.5) is 34.1 Å². The van der Waals surface area contributed by atoms with Crippen LogP contribution in [-0.4, -0.2) is 11.3 Å². The van der Waals surface area contributed by atoms with Crippen molar-refractivity contribution in [1.82, 2.24) is 4.48 Å². The van der Waals surface area contributed by atoms with Gasteiger partial charge in [-0.05, 0) is 150 Å². The van der Waals surface area contributed by atoms with Crippen LogP contribution >= 0.6 is 0 Å². The standard InChI is InChI=1S/C70H66BN3O/c1-67(2,3)45-26-31-49(32-27-45)72(50-33-28-46(29-34-50)68(4,5)6)51-41-55-57-40-48(70(10,11)12)39-56-54-38-47(69(7,8)9)30-36-59(54)74(65(56)57)71-58-35-25-44(43-19-14-13-15-20-43)37-61(58)73(62(42-51)64(55)71)60-23-18-22-53-52-21-16-17-24-63(52)75-66(53)60/h13-42H,1-12H3. The quantitative estimate of drug-likeness (QED) is 0.161. The molecule has 4 heterocycles. The molecule has 5 heteroatoms. The zero-order chi connectivity index (χ0) is 52.1. The smallest absolute Gasteiger partial charge is 0.333 e. The maximum atomic E-state index is 7.06. The van der Waals surface area contributed by atoms with Crippen LogP contribution in [0.5, 0.6) is 0 Å². The average Bonchev–Trinajstić information content (AvgIpc) is 3.99. The summed E-state index contributed by atoms with van der Waals surface area (Å²) < 4.78 is 9.76. The highest BCUT2D eigenvalue weighted by Gasteiger charge is 2.44. The van der Waals surface area contributed by atoms with Crippen LogP contribution in [-0.2, 0) is 21.7 Å². The number of fused-ring (bicyclic) bond motifs is 10. The number of hydrogen-bond acceptors (Lipinski definition) is 3. The molecule has 2 aliphatic heterocycles. The van der Waals surface area contributed by atoms with Gasteiger partial charge in [0, 0.05) is 66.6 Å². The molecule has 9 aromatic carbocycles. The molecule has 11 aromatic rings. The second kappa shape index (κ2) is 16.4. The Balaban J connectivity index is 1.20. The summed E-state index contributed by atoms with van der Waals surface area (Å²) in [6, 6.07) is 69.1. The maximum absolute atomic E-state index is 7.06. The van der Waals surface area contributed by atoms with Gasteiger partial charge in [0.05, 0.1) is 5.69 Å². The van der Waals surface area contributed by atoms with E-state index in [0.717, 1.165) is 56.1 Å². The highest BCUT2D eigenvalue weighted by atomic mass is 16.3. The molecule has 0 N–H and O–H groups in total. The van der Waals surface area contributed by atoms with E-state index >= 15 is 0 Å². The first-order valence-electron chi connectivity index (χ1n) is 26.9. The molecule has 0 aliphatic carbocycles. The lowest BCUT2D eigenvalue weighted by molar-refractivity contribution is 0.590. The normalized spacial score (nSPS) is 13.5. The summed E-state index contributed by atoms with van der Waals surface area (Å²) in [5.74, 6) is 0. The van der Waals surface area contributed by atoms with Gasteiger partial charge < -0.3 is 18.7 Å². The van der Waals surface area contributed by atoms with E-state index in [0.29, 0.717) is 0 Å². The van der Waals surface area contributed by atoms with Crippen LogP contribution in [0.25, 0.3) is 66.0 Å². The molecule has 0 atom stereocenters. The zero-order valence-corrected chi connectivity index (χ0v) is 45.6. The van der Waals surface area contributed by atoms with Crippen molar-refractivity contribution in [2.75, 3.05) is 9.80 Å². The van der Waals surface area contributed by atoms with Crippen LogP contribution in [0, 0.1) is 0 Å². The van der Waals surface area contributed by atoms with E-state index in [1.807, 2.05) is 0 Å². The van der Waals surface area contributed by atoms with Gasteiger partial charge in [-0.2, -0.15) is 0 Å². The number of anilines is 6. The van der Waals surface area contributed by atoms with Crippen molar-refractivity contribution in [3.8, 4) is 22.3 Å². The van der Waals surface area contributed by atoms with Gasteiger partial charge >= 0.3 is 6.85 Å². The molecule has 370 valence electrons. The van der Waals surface area contributed by atoms with Crippen molar-refractivity contribution in [3.05, 3.63) is 204 Å². The Hall–Kier alpha value is -7.76. The number of furan rings is 1. The fourth-order valence-corrected chi connectivity index (χ4v) is 12.2. The van der Waals surface area contributed by atoms with Gasteiger partial charge in [-0.3, -0.25) is 0 Å². The Morgan fingerprint density at radius 2 is 1.00 bits per heavy atom. The van der Waals surface area contributed by atoms with E-state index in [9.17, 15) is 0 Å². The van der Waals surface area contributed by atoms with E-state index in [1.54, 1.807) is 0 Å². The maximum Gasteiger partial charge on any atom is 0.333 e. The molecular weight excluding hydrogens is 910 g/mol. The molecule has 0 saturated heterocycles. The monoisotopic (exact) mass is 976 g/mol. The third-order valence-electron chi connectivity index (χ3n) is 16.4. The largest absolute Gasteiger partial charge is 0.454 e. The molecule has 75 heavy (non-hydrogen) atoms. The topological polar surface area (TPSA) is 24.6 Å². The second-order valence-corrected chi connectivity index (χ2v) is 25.5. The van der Waals surface area contributed by atoms with Crippen LogP contribution in [0.2, 0.25) is 0 Å². The first-order chi connectivity index (χ1) is 35.7. The number of para-hydroxylation sites is 2. The molecule has 0 radical (unpaired) electrons. The molecule has 0 fully saturated rings. The molecule has 0 bridgehead atoms. The number of hydrogen-bond donors (Lipinski definition) is 0. The summed E-state index contributed by atoms with van der Waals surface area (Å²) in [6.45, 7) is 27.7. The molecule has 13 rings (SSSR count). The van der Waals surface area contributed by atoms with Crippen molar-refractivity contribution in [2.45, 2.75) is 105 Å². The van der Waals surface area contributed by atoms with E-state index in [1.165, 1.54) is 77.2 Å². The zero-order valence-electron chi connectivity index (χ0n) is 45.6. The highest BCUT2D eigenvalue weighted by Crippen LogP contribution is 2.52. The summed E-state index contributed by atoms with van der Waals surface area (Å²) in [5.41, 5.74) is 23.4. The number of nitrogens with zero attached hydrogens (tertiary/aromatic N) is 3. The van der Waals surface area contributed by atoms with Crippen molar-refractivity contribution < 1.29 is 4.42 Å². The minimum atomic E-state index is -0.144. The third kappa shape index (κ3) is 7.48. The van der Waals surface area contributed by atoms with Gasteiger partial charge in [0.2, 0.25) is 0 Å². The van der Waals surface area contributed by atoms with Crippen molar-refractivity contribution >= 4 is 95.6 Å². The van der Waals surface area contributed by atoms with Crippen LogP contribution in [0.3, 0.4) is 0 Å². The van der Waals surface area contributed by atoms with Gasteiger partial charge in [-0.15, -0.1) is 0 Å². The summed E-state index contributed by atoms with van der Waals surface area (Å²) >= 11 is 0. The predicted octanol–water partition coefficient (Wildman–Crippen LogP) is 18.4. The van der Waals surface area contributed by atoms with Crippen molar-refractivity contribution in [1.29, 1.82) is 0 Å². The van der Waals surface area contributed by atoms with E-state index in [-0.39, 0.29) is 28.5 Å². The number of rotatable bonds is 5. The molecule has 0 amide bonds. The minimum Gasteiger partial charge on any atom is -0.454 e. The van der Waals surface area contributed by atoms with Gasteiger partial charge in [-0.25, -0.2) is 0 Å². The lowest BCUT2D eigenvalue weighted by Gasteiger charge is -2.42. The fourth-order valence-electron chi connectivity index (χ4n) is 12.2. The van der Waals surface area contributed by atoms with E-state index in [4.69, 9.17) is 4.42 Å². The fraction of sp³-hybridized carbons (Fsp3) is 0.229. The van der Waals surface area contributed by atoms with Crippen LogP contribution in [0.1, 0.15) is 105 Å². The Bertz CT molecular complexity index is 4030. The summed E-state index contributed by atoms with van der Waals surface area (Å²) in [6.07, 6.45) is 0. The van der Waals surface area contributed by atoms with Gasteiger partial charge in [0.1, 0.15) is 5.58 Å². The number of benzene rings is 9. The van der Waals surface area contributed by atoms with Gasteiger partial charge in [-0.1, -0.05) is 186 Å². The SMILES string of the molecule is CC(C)(C)c1ccc(N(c2ccc(C(C)(C)C)cc2)c2cc3c4c(c2)N(c2cccc5c2oc2ccccc25)c2cc(-c5ccccc5)ccc2B4n2c4ccc(C(C)(C)C)cc4c4cc(C(C)(C)C)cc-3c42)cc1. The first kappa shape index (κ1) is 47.0. The first-order valence-corrected chi connectivity index (χ1v) is 26.9.